The second-order valence-electron chi connectivity index (χ2n) is 2.77. The van der Waals surface area contributed by atoms with E-state index in [0.29, 0.717) is 10.4 Å². The van der Waals surface area contributed by atoms with Gasteiger partial charge in [-0.25, -0.2) is 0 Å². The molecule has 4 nitrogen and oxygen atoms in total. The molecule has 5 heteroatoms. The fourth-order valence-electron chi connectivity index (χ4n) is 1.12. The predicted molar refractivity (Wildman–Crippen MR) is 50.3 cm³/mol. The van der Waals surface area contributed by atoms with Gasteiger partial charge in [0.2, 0.25) is 0 Å². The van der Waals surface area contributed by atoms with Crippen LogP contribution >= 0.6 is 15.9 Å². The first kappa shape index (κ1) is 10.3. The van der Waals surface area contributed by atoms with Gasteiger partial charge in [0.1, 0.15) is 5.76 Å². The number of furan rings is 1. The zero-order chi connectivity index (χ0) is 10.0. The Labute approximate surface area is 83.8 Å². The first-order chi connectivity index (χ1) is 6.00. The van der Waals surface area contributed by atoms with Crippen LogP contribution in [-0.4, -0.2) is 11.1 Å². The second-order valence-corrected chi connectivity index (χ2v) is 3.55. The lowest BCUT2D eigenvalue weighted by atomic mass is 10.1. The predicted octanol–water partition coefficient (Wildman–Crippen LogP) is 1.83. The van der Waals surface area contributed by atoms with E-state index >= 15 is 0 Å². The lowest BCUT2D eigenvalue weighted by molar-refractivity contribution is -0.137. The van der Waals surface area contributed by atoms with Crippen molar-refractivity contribution in [2.24, 2.45) is 5.73 Å². The summed E-state index contributed by atoms with van der Waals surface area (Å²) in [7, 11) is 0. The topological polar surface area (TPSA) is 76.5 Å². The lowest BCUT2D eigenvalue weighted by Crippen LogP contribution is -2.15. The van der Waals surface area contributed by atoms with Crippen molar-refractivity contribution in [2.45, 2.75) is 19.4 Å². The molecule has 0 aliphatic heterocycles. The number of hydrogen-bond acceptors (Lipinski definition) is 3. The Hall–Kier alpha value is -0.810. The van der Waals surface area contributed by atoms with Gasteiger partial charge in [-0.2, -0.15) is 0 Å². The fourth-order valence-corrected chi connectivity index (χ4v) is 1.61. The van der Waals surface area contributed by atoms with Crippen LogP contribution in [0.5, 0.6) is 0 Å². The van der Waals surface area contributed by atoms with Gasteiger partial charge in [0.25, 0.3) is 0 Å². The molecule has 0 radical (unpaired) electrons. The molecule has 1 atom stereocenters. The normalized spacial score (nSPS) is 12.8. The summed E-state index contributed by atoms with van der Waals surface area (Å²) in [6, 6.07) is 1.19. The summed E-state index contributed by atoms with van der Waals surface area (Å²) >= 11 is 3.15. The second kappa shape index (κ2) is 3.93. The van der Waals surface area contributed by atoms with Crippen molar-refractivity contribution >= 4 is 21.9 Å². The molecule has 0 fully saturated rings. The van der Waals surface area contributed by atoms with Crippen molar-refractivity contribution in [3.05, 3.63) is 22.1 Å². The number of carboxylic acids is 1. The van der Waals surface area contributed by atoms with Crippen LogP contribution in [0.25, 0.3) is 0 Å². The Morgan fingerprint density at radius 3 is 2.85 bits per heavy atom. The number of halogens is 1. The zero-order valence-corrected chi connectivity index (χ0v) is 8.67. The number of hydrogen-bond donors (Lipinski definition) is 2. The Balaban J connectivity index is 2.81. The van der Waals surface area contributed by atoms with Gasteiger partial charge >= 0.3 is 5.97 Å². The summed E-state index contributed by atoms with van der Waals surface area (Å²) in [4.78, 5) is 10.4. The number of nitrogens with two attached hydrogens (primary N) is 1. The first-order valence-electron chi connectivity index (χ1n) is 3.74. The summed E-state index contributed by atoms with van der Waals surface area (Å²) in [5.74, 6) is -0.259. The van der Waals surface area contributed by atoms with Gasteiger partial charge in [0.15, 0.2) is 4.67 Å². The maximum Gasteiger partial charge on any atom is 0.305 e. The Morgan fingerprint density at radius 2 is 2.46 bits per heavy atom. The van der Waals surface area contributed by atoms with Crippen LogP contribution in [0.4, 0.5) is 0 Å². The molecule has 0 spiro atoms. The van der Waals surface area contributed by atoms with Crippen molar-refractivity contribution in [3.8, 4) is 0 Å². The van der Waals surface area contributed by atoms with E-state index in [4.69, 9.17) is 15.3 Å². The molecule has 0 saturated carbocycles. The van der Waals surface area contributed by atoms with Gasteiger partial charge in [0.05, 0.1) is 6.42 Å². The average Bonchev–Trinajstić information content (AvgIpc) is 2.28. The number of aliphatic carboxylic acids is 1. The quantitative estimate of drug-likeness (QED) is 0.855. The van der Waals surface area contributed by atoms with Crippen LogP contribution in [0.3, 0.4) is 0 Å². The molecule has 0 bridgehead atoms. The summed E-state index contributed by atoms with van der Waals surface area (Å²) in [5.41, 5.74) is 6.38. The largest absolute Gasteiger partial charge is 0.481 e. The molecule has 0 aliphatic carbocycles. The third-order valence-corrected chi connectivity index (χ3v) is 2.11. The molecule has 0 aliphatic rings. The van der Waals surface area contributed by atoms with E-state index in [-0.39, 0.29) is 6.42 Å². The summed E-state index contributed by atoms with van der Waals surface area (Å²) < 4.78 is 5.73. The third kappa shape index (κ3) is 2.57. The van der Waals surface area contributed by atoms with Gasteiger partial charge < -0.3 is 15.3 Å². The van der Waals surface area contributed by atoms with Crippen LogP contribution in [0.2, 0.25) is 0 Å². The summed E-state index contributed by atoms with van der Waals surface area (Å²) in [6.07, 6.45) is -0.0905. The molecular formula is C8H10BrNO3. The minimum Gasteiger partial charge on any atom is -0.481 e. The highest BCUT2D eigenvalue weighted by Crippen LogP contribution is 2.25. The van der Waals surface area contributed by atoms with Crippen molar-refractivity contribution in [3.63, 3.8) is 0 Å². The number of rotatable bonds is 3. The molecule has 1 aromatic rings. The minimum atomic E-state index is -0.913. The summed E-state index contributed by atoms with van der Waals surface area (Å²) in [5, 5.41) is 8.52. The zero-order valence-electron chi connectivity index (χ0n) is 7.08. The standard InChI is InChI=1S/C8H10BrNO3/c1-4-5(2-7(9)13-4)6(10)3-8(11)12/h2,6H,3,10H2,1H3,(H,11,12). The highest BCUT2D eigenvalue weighted by molar-refractivity contribution is 9.10. The Bertz CT molecular complexity index is 321. The fraction of sp³-hybridized carbons (Fsp3) is 0.375. The van der Waals surface area contributed by atoms with Crippen molar-refractivity contribution in [1.82, 2.24) is 0 Å². The van der Waals surface area contributed by atoms with E-state index in [0.717, 1.165) is 5.56 Å². The van der Waals surface area contributed by atoms with Gasteiger partial charge in [-0.15, -0.1) is 0 Å². The number of aryl methyl sites for hydroxylation is 1. The maximum atomic E-state index is 10.4. The highest BCUT2D eigenvalue weighted by Gasteiger charge is 2.16. The highest BCUT2D eigenvalue weighted by atomic mass is 79.9. The molecule has 13 heavy (non-hydrogen) atoms. The van der Waals surface area contributed by atoms with Gasteiger partial charge in [-0.05, 0) is 28.9 Å². The molecule has 0 amide bonds. The minimum absolute atomic E-state index is 0.0905. The first-order valence-corrected chi connectivity index (χ1v) is 4.53. The molecule has 1 aromatic heterocycles. The van der Waals surface area contributed by atoms with Crippen LogP contribution in [-0.2, 0) is 4.79 Å². The van der Waals surface area contributed by atoms with Gasteiger partial charge in [0, 0.05) is 11.6 Å². The summed E-state index contributed by atoms with van der Waals surface area (Å²) in [6.45, 7) is 1.75. The van der Waals surface area contributed by atoms with Gasteiger partial charge in [-0.3, -0.25) is 4.79 Å². The monoisotopic (exact) mass is 247 g/mol. The van der Waals surface area contributed by atoms with E-state index in [1.807, 2.05) is 0 Å². The van der Waals surface area contributed by atoms with Crippen LogP contribution < -0.4 is 5.73 Å². The van der Waals surface area contributed by atoms with E-state index in [1.165, 1.54) is 0 Å². The van der Waals surface area contributed by atoms with Crippen molar-refractivity contribution in [2.75, 3.05) is 0 Å². The van der Waals surface area contributed by atoms with Crippen LogP contribution in [0.1, 0.15) is 23.8 Å². The molecule has 1 rings (SSSR count). The van der Waals surface area contributed by atoms with Crippen LogP contribution in [0.15, 0.2) is 15.2 Å². The molecule has 3 N–H and O–H groups in total. The van der Waals surface area contributed by atoms with Crippen molar-refractivity contribution < 1.29 is 14.3 Å². The maximum absolute atomic E-state index is 10.4. The van der Waals surface area contributed by atoms with Crippen LogP contribution in [0, 0.1) is 6.92 Å². The lowest BCUT2D eigenvalue weighted by Gasteiger charge is -2.06. The number of carboxylic acid groups (broad SMARTS) is 1. The SMILES string of the molecule is Cc1oc(Br)cc1C(N)CC(=O)O. The van der Waals surface area contributed by atoms with E-state index in [1.54, 1.807) is 13.0 Å². The van der Waals surface area contributed by atoms with E-state index in [2.05, 4.69) is 15.9 Å². The Morgan fingerprint density at radius 1 is 1.85 bits per heavy atom. The molecule has 72 valence electrons. The average molecular weight is 248 g/mol. The molecule has 0 aromatic carbocycles. The number of carbonyl (C=O) groups is 1. The molecular weight excluding hydrogens is 238 g/mol. The molecule has 0 saturated heterocycles. The Kier molecular flexibility index (Phi) is 3.11. The third-order valence-electron chi connectivity index (χ3n) is 1.72. The van der Waals surface area contributed by atoms with E-state index in [9.17, 15) is 4.79 Å². The van der Waals surface area contributed by atoms with Crippen molar-refractivity contribution in [1.29, 1.82) is 0 Å². The molecule has 1 heterocycles. The smallest absolute Gasteiger partial charge is 0.305 e. The van der Waals surface area contributed by atoms with Gasteiger partial charge in [-0.1, -0.05) is 0 Å². The molecule has 1 unspecified atom stereocenters. The van der Waals surface area contributed by atoms with E-state index < -0.39 is 12.0 Å².